The Morgan fingerprint density at radius 2 is 0.568 bits per heavy atom. The zero-order chi connectivity index (χ0) is 24.0. The van der Waals surface area contributed by atoms with Gasteiger partial charge in [0.1, 0.15) is 19.6 Å². The predicted octanol–water partition coefficient (Wildman–Crippen LogP) is -0.777. The molecular formula is C16H12Na4O13S4. The van der Waals surface area contributed by atoms with Crippen LogP contribution in [0.5, 0.6) is 0 Å². The summed E-state index contributed by atoms with van der Waals surface area (Å²) in [6, 6.07) is 4.98. The molecule has 4 rings (SSSR count). The maximum Gasteiger partial charge on any atom is 0.295 e. The van der Waals surface area contributed by atoms with E-state index in [0.717, 1.165) is 24.3 Å². The summed E-state index contributed by atoms with van der Waals surface area (Å²) in [4.78, 5) is -3.90. The largest absolute Gasteiger partial charge is 0.412 e. The van der Waals surface area contributed by atoms with Gasteiger partial charge in [0.05, 0.1) is 0 Å². The van der Waals surface area contributed by atoms with Crippen molar-refractivity contribution in [3.05, 3.63) is 36.4 Å². The van der Waals surface area contributed by atoms with E-state index in [4.69, 9.17) is 0 Å². The minimum absolute atomic E-state index is 0. The van der Waals surface area contributed by atoms with Crippen molar-refractivity contribution in [2.45, 2.75) is 19.6 Å². The van der Waals surface area contributed by atoms with Crippen LogP contribution in [0.3, 0.4) is 0 Å². The quantitative estimate of drug-likeness (QED) is 0.123. The van der Waals surface area contributed by atoms with Crippen molar-refractivity contribution in [2.75, 3.05) is 0 Å². The van der Waals surface area contributed by atoms with Gasteiger partial charge in [0.15, 0.2) is 0 Å². The maximum atomic E-state index is 11.9. The Kier molecular flexibility index (Phi) is 14.5. The Labute approximate surface area is 299 Å². The molecule has 13 nitrogen and oxygen atoms in total. The third-order valence-corrected chi connectivity index (χ3v) is 8.43. The first-order chi connectivity index (χ1) is 14.4. The maximum absolute atomic E-state index is 11.9. The summed E-state index contributed by atoms with van der Waals surface area (Å²) < 4.78 is 134. The van der Waals surface area contributed by atoms with E-state index in [1.165, 1.54) is 0 Å². The summed E-state index contributed by atoms with van der Waals surface area (Å²) in [5.41, 5.74) is 0. The summed E-state index contributed by atoms with van der Waals surface area (Å²) in [6.07, 6.45) is 0. The molecule has 4 aromatic carbocycles. The van der Waals surface area contributed by atoms with Gasteiger partial charge in [-0.25, -0.2) is 0 Å². The Balaban J connectivity index is 0. The van der Waals surface area contributed by atoms with Gasteiger partial charge in [-0.2, -0.15) is 33.7 Å². The molecule has 0 aliphatic carbocycles. The van der Waals surface area contributed by atoms with Gasteiger partial charge in [0.2, 0.25) is 0 Å². The summed E-state index contributed by atoms with van der Waals surface area (Å²) in [7, 11) is -20.4. The van der Waals surface area contributed by atoms with E-state index in [-0.39, 0.29) is 156 Å². The van der Waals surface area contributed by atoms with Crippen molar-refractivity contribution in [1.29, 1.82) is 0 Å². The van der Waals surface area contributed by atoms with E-state index in [0.29, 0.717) is 12.1 Å². The second kappa shape index (κ2) is 13.2. The van der Waals surface area contributed by atoms with E-state index in [9.17, 15) is 51.9 Å². The molecule has 0 fully saturated rings. The van der Waals surface area contributed by atoms with Crippen molar-refractivity contribution in [3.8, 4) is 0 Å². The molecule has 0 unspecified atom stereocenters. The van der Waals surface area contributed by atoms with Gasteiger partial charge in [-0.15, -0.1) is 0 Å². The van der Waals surface area contributed by atoms with E-state index in [1.54, 1.807) is 0 Å². The van der Waals surface area contributed by atoms with Gasteiger partial charge in [0.25, 0.3) is 40.5 Å². The molecule has 0 heterocycles. The number of benzene rings is 4. The fraction of sp³-hybridized carbons (Fsp3) is 0. The Bertz CT molecular complexity index is 1650. The molecule has 0 aromatic heterocycles. The van der Waals surface area contributed by atoms with E-state index < -0.39 is 60.1 Å². The van der Waals surface area contributed by atoms with Crippen molar-refractivity contribution in [2.24, 2.45) is 0 Å². The van der Waals surface area contributed by atoms with Crippen LogP contribution in [-0.2, 0) is 40.5 Å². The first-order valence-corrected chi connectivity index (χ1v) is 13.9. The first kappa shape index (κ1) is 40.7. The van der Waals surface area contributed by atoms with Gasteiger partial charge >= 0.3 is 0 Å². The van der Waals surface area contributed by atoms with Gasteiger partial charge in [0, 0.05) is 151 Å². The van der Waals surface area contributed by atoms with Gasteiger partial charge in [-0.3, -0.25) is 18.2 Å². The number of hydrogen-bond acceptors (Lipinski definition) is 8. The molecule has 0 saturated carbocycles. The second-order valence-corrected chi connectivity index (χ2v) is 12.3. The van der Waals surface area contributed by atoms with Crippen molar-refractivity contribution >= 4 is 191 Å². The fourth-order valence-corrected chi connectivity index (χ4v) is 6.73. The van der Waals surface area contributed by atoms with E-state index in [1.807, 2.05) is 0 Å². The normalized spacial score (nSPS) is 12.1. The summed E-state index contributed by atoms with van der Waals surface area (Å²) in [5.74, 6) is 0. The van der Waals surface area contributed by atoms with E-state index in [2.05, 4.69) is 0 Å². The molecule has 0 saturated heterocycles. The monoisotopic (exact) mass is 632 g/mol. The smallest absolute Gasteiger partial charge is 0.295 e. The van der Waals surface area contributed by atoms with Crippen LogP contribution < -0.4 is 0 Å². The summed E-state index contributed by atoms with van der Waals surface area (Å²) in [6.45, 7) is 0. The average Bonchev–Trinajstić information content (AvgIpc) is 2.61. The molecule has 4 radical (unpaired) electrons. The second-order valence-electron chi connectivity index (χ2n) is 6.72. The molecule has 0 aliphatic rings. The molecule has 37 heavy (non-hydrogen) atoms. The van der Waals surface area contributed by atoms with Crippen molar-refractivity contribution in [3.63, 3.8) is 0 Å². The van der Waals surface area contributed by atoms with Gasteiger partial charge in [-0.05, 0) is 12.1 Å². The minimum Gasteiger partial charge on any atom is -0.412 e. The fourth-order valence-electron chi connectivity index (χ4n) is 3.72. The molecule has 6 N–H and O–H groups in total. The molecule has 182 valence electrons. The molecule has 0 aliphatic heterocycles. The van der Waals surface area contributed by atoms with Crippen LogP contribution >= 0.6 is 0 Å². The summed E-state index contributed by atoms with van der Waals surface area (Å²) >= 11 is 0. The number of rotatable bonds is 4. The molecule has 4 aromatic rings. The molecule has 21 heteroatoms. The Morgan fingerprint density at radius 3 is 0.703 bits per heavy atom. The third-order valence-electron chi connectivity index (χ3n) is 4.86. The molecular weight excluding hydrogens is 620 g/mol. The Morgan fingerprint density at radius 1 is 0.405 bits per heavy atom. The molecule has 0 bridgehead atoms. The van der Waals surface area contributed by atoms with Crippen LogP contribution in [0.25, 0.3) is 32.3 Å². The predicted molar refractivity (Wildman–Crippen MR) is 136 cm³/mol. The van der Waals surface area contributed by atoms with Crippen molar-refractivity contribution in [1.82, 2.24) is 0 Å². The van der Waals surface area contributed by atoms with Crippen molar-refractivity contribution < 1.29 is 57.4 Å². The van der Waals surface area contributed by atoms with Crippen LogP contribution in [0, 0.1) is 0 Å². The van der Waals surface area contributed by atoms with Gasteiger partial charge in [-0.1, -0.05) is 24.3 Å². The molecule has 0 atom stereocenters. The van der Waals surface area contributed by atoms with Crippen LogP contribution in [-0.4, -0.2) is 176 Å². The topological polar surface area (TPSA) is 249 Å². The van der Waals surface area contributed by atoms with Crippen LogP contribution in [0.15, 0.2) is 56.0 Å². The molecule has 0 spiro atoms. The first-order valence-electron chi connectivity index (χ1n) is 8.11. The van der Waals surface area contributed by atoms with Crippen LogP contribution in [0.2, 0.25) is 0 Å². The molecule has 0 amide bonds. The van der Waals surface area contributed by atoms with Crippen LogP contribution in [0.1, 0.15) is 0 Å². The minimum atomic E-state index is -5.10. The van der Waals surface area contributed by atoms with Gasteiger partial charge < -0.3 is 5.48 Å². The van der Waals surface area contributed by atoms with Crippen LogP contribution in [0.4, 0.5) is 0 Å². The SMILES string of the molecule is O.O=S(=O)(O)c1cc(S(=O)(=O)O)c2ccc3c(S(=O)(=O)O)cc(S(=O)(=O)O)c4ccc1c2c43.[Na].[Na].[Na].[Na]. The zero-order valence-electron chi connectivity index (χ0n) is 19.7. The third kappa shape index (κ3) is 7.49. The Hall–Kier alpha value is 1.52. The van der Waals surface area contributed by atoms with E-state index >= 15 is 0 Å². The standard InChI is InChI=1S/C16H10O12S4.4Na.H2O/c17-29(18,19)11-5-13(31(23,24)25)9-3-4-10-14(32(26,27)28)6-12(30(20,21)22)8-2-1-7(11)15(9)16(8)10;;;;;/h1-6H,(H,17,18,19)(H,20,21,22)(H,23,24,25)(H,26,27,28);;;;;1H2. The zero-order valence-corrected chi connectivity index (χ0v) is 30.9. The number of hydrogen-bond donors (Lipinski definition) is 4. The average molecular weight is 632 g/mol. The summed E-state index contributed by atoms with van der Waals surface area (Å²) in [5, 5.41) is -2.11.